The largest absolute Gasteiger partial charge is 0.494 e. The second-order valence-electron chi connectivity index (χ2n) is 4.23. The number of nitriles is 1. The van der Waals surface area contributed by atoms with Crippen molar-refractivity contribution in [3.8, 4) is 11.8 Å². The molecular formula is C14H20N2O. The monoisotopic (exact) mass is 232 g/mol. The maximum Gasteiger partial charge on any atom is 0.145 e. The van der Waals surface area contributed by atoms with Crippen LogP contribution in [0.4, 0.5) is 5.69 Å². The van der Waals surface area contributed by atoms with E-state index in [0.717, 1.165) is 24.4 Å². The third-order valence-corrected chi connectivity index (χ3v) is 2.96. The highest BCUT2D eigenvalue weighted by Gasteiger charge is 2.11. The van der Waals surface area contributed by atoms with E-state index in [1.54, 1.807) is 7.11 Å². The molecule has 92 valence electrons. The minimum absolute atomic E-state index is 0.583. The van der Waals surface area contributed by atoms with Gasteiger partial charge in [0.05, 0.1) is 18.9 Å². The molecule has 0 saturated heterocycles. The molecule has 0 bridgehead atoms. The predicted octanol–water partition coefficient (Wildman–Crippen LogP) is 3.34. The zero-order valence-electron chi connectivity index (χ0n) is 11.1. The number of nitrogens with zero attached hydrogens (tertiary/aromatic N) is 1. The topological polar surface area (TPSA) is 45.0 Å². The molecule has 1 aromatic carbocycles. The summed E-state index contributed by atoms with van der Waals surface area (Å²) < 4.78 is 5.47. The van der Waals surface area contributed by atoms with E-state index >= 15 is 0 Å². The van der Waals surface area contributed by atoms with Gasteiger partial charge in [-0.05, 0) is 43.9 Å². The lowest BCUT2D eigenvalue weighted by atomic mass is 10.0. The molecule has 0 radical (unpaired) electrons. The van der Waals surface area contributed by atoms with Gasteiger partial charge in [0.1, 0.15) is 5.75 Å². The van der Waals surface area contributed by atoms with E-state index in [1.807, 2.05) is 0 Å². The van der Waals surface area contributed by atoms with Crippen LogP contribution in [0, 0.1) is 32.1 Å². The molecule has 0 aliphatic heterocycles. The fourth-order valence-corrected chi connectivity index (χ4v) is 1.91. The average molecular weight is 232 g/mol. The second-order valence-corrected chi connectivity index (χ2v) is 4.23. The van der Waals surface area contributed by atoms with E-state index in [1.165, 1.54) is 16.7 Å². The van der Waals surface area contributed by atoms with Crippen LogP contribution in [0.1, 0.15) is 29.5 Å². The Morgan fingerprint density at radius 3 is 2.59 bits per heavy atom. The summed E-state index contributed by atoms with van der Waals surface area (Å²) in [5.41, 5.74) is 4.64. The zero-order chi connectivity index (χ0) is 12.8. The quantitative estimate of drug-likeness (QED) is 0.792. The van der Waals surface area contributed by atoms with E-state index in [4.69, 9.17) is 10.00 Å². The summed E-state index contributed by atoms with van der Waals surface area (Å²) in [6.45, 7) is 7.02. The van der Waals surface area contributed by atoms with E-state index in [2.05, 4.69) is 38.2 Å². The lowest BCUT2D eigenvalue weighted by Crippen LogP contribution is -2.06. The first-order valence-electron chi connectivity index (χ1n) is 5.87. The smallest absolute Gasteiger partial charge is 0.145 e. The summed E-state index contributed by atoms with van der Waals surface area (Å²) in [5, 5.41) is 11.9. The van der Waals surface area contributed by atoms with Crippen molar-refractivity contribution in [1.29, 1.82) is 5.26 Å². The molecule has 0 unspecified atom stereocenters. The van der Waals surface area contributed by atoms with Crippen molar-refractivity contribution < 1.29 is 4.74 Å². The highest BCUT2D eigenvalue weighted by atomic mass is 16.5. The average Bonchev–Trinajstić information content (AvgIpc) is 2.31. The van der Waals surface area contributed by atoms with Crippen molar-refractivity contribution >= 4 is 5.69 Å². The maximum absolute atomic E-state index is 8.50. The minimum Gasteiger partial charge on any atom is -0.494 e. The third kappa shape index (κ3) is 3.13. The first-order valence-corrected chi connectivity index (χ1v) is 5.87. The summed E-state index contributed by atoms with van der Waals surface area (Å²) in [6.07, 6.45) is 1.44. The van der Waals surface area contributed by atoms with Gasteiger partial charge in [-0.15, -0.1) is 0 Å². The molecule has 17 heavy (non-hydrogen) atoms. The summed E-state index contributed by atoms with van der Waals surface area (Å²) in [4.78, 5) is 0. The molecule has 0 aromatic heterocycles. The van der Waals surface area contributed by atoms with E-state index in [-0.39, 0.29) is 0 Å². The summed E-state index contributed by atoms with van der Waals surface area (Å²) in [5.74, 6) is 0.916. The minimum atomic E-state index is 0.583. The van der Waals surface area contributed by atoms with Gasteiger partial charge in [-0.1, -0.05) is 6.07 Å². The van der Waals surface area contributed by atoms with Crippen molar-refractivity contribution in [3.63, 3.8) is 0 Å². The van der Waals surface area contributed by atoms with Gasteiger partial charge in [0.15, 0.2) is 0 Å². The number of aryl methyl sites for hydroxylation is 2. The molecule has 0 aliphatic rings. The standard InChI is InChI=1S/C14H20N2O/c1-10-9-11(2)13(14(17-4)12(10)3)16-8-6-5-7-15/h9,16H,5-6,8H2,1-4H3. The summed E-state index contributed by atoms with van der Waals surface area (Å²) >= 11 is 0. The number of unbranched alkanes of at least 4 members (excludes halogenated alkanes) is 1. The molecule has 0 atom stereocenters. The first-order chi connectivity index (χ1) is 8.11. The van der Waals surface area contributed by atoms with Gasteiger partial charge in [0.25, 0.3) is 0 Å². The fraction of sp³-hybridized carbons (Fsp3) is 0.500. The normalized spacial score (nSPS) is 9.82. The van der Waals surface area contributed by atoms with Gasteiger partial charge in [-0.25, -0.2) is 0 Å². The number of nitrogens with one attached hydrogen (secondary N) is 1. The van der Waals surface area contributed by atoms with Crippen LogP contribution >= 0.6 is 0 Å². The van der Waals surface area contributed by atoms with Crippen molar-refractivity contribution in [1.82, 2.24) is 0 Å². The lowest BCUT2D eigenvalue weighted by Gasteiger charge is -2.17. The Balaban J connectivity index is 2.90. The maximum atomic E-state index is 8.50. The molecule has 3 nitrogen and oxygen atoms in total. The second kappa shape index (κ2) is 6.15. The first kappa shape index (κ1) is 13.4. The summed E-state index contributed by atoms with van der Waals surface area (Å²) in [7, 11) is 1.70. The van der Waals surface area contributed by atoms with Crippen molar-refractivity contribution in [3.05, 3.63) is 22.8 Å². The van der Waals surface area contributed by atoms with Crippen LogP contribution in [0.25, 0.3) is 0 Å². The molecule has 0 amide bonds. The van der Waals surface area contributed by atoms with Crippen LogP contribution in [-0.2, 0) is 0 Å². The van der Waals surface area contributed by atoms with Gasteiger partial charge in [-0.2, -0.15) is 5.26 Å². The Hall–Kier alpha value is -1.69. The molecule has 1 rings (SSSR count). The van der Waals surface area contributed by atoms with E-state index in [9.17, 15) is 0 Å². The van der Waals surface area contributed by atoms with Crippen molar-refractivity contribution in [2.24, 2.45) is 0 Å². The number of ether oxygens (including phenoxy) is 1. The van der Waals surface area contributed by atoms with Crippen molar-refractivity contribution in [2.45, 2.75) is 33.6 Å². The zero-order valence-corrected chi connectivity index (χ0v) is 11.1. The number of hydrogen-bond acceptors (Lipinski definition) is 3. The van der Waals surface area contributed by atoms with E-state index in [0.29, 0.717) is 6.42 Å². The molecule has 0 fully saturated rings. The molecule has 0 heterocycles. The number of anilines is 1. The Bertz CT molecular complexity index is 433. The molecule has 0 spiro atoms. The molecule has 1 aromatic rings. The highest BCUT2D eigenvalue weighted by molar-refractivity contribution is 5.66. The van der Waals surface area contributed by atoms with Crippen LogP contribution in [0.2, 0.25) is 0 Å². The van der Waals surface area contributed by atoms with Gasteiger partial charge < -0.3 is 10.1 Å². The molecular weight excluding hydrogens is 212 g/mol. The molecule has 0 saturated carbocycles. The SMILES string of the molecule is COc1c(C)c(C)cc(C)c1NCCCC#N. The Morgan fingerprint density at radius 2 is 2.00 bits per heavy atom. The van der Waals surface area contributed by atoms with E-state index < -0.39 is 0 Å². The summed E-state index contributed by atoms with van der Waals surface area (Å²) in [6, 6.07) is 4.30. The van der Waals surface area contributed by atoms with Crippen LogP contribution in [-0.4, -0.2) is 13.7 Å². The van der Waals surface area contributed by atoms with Gasteiger partial charge in [-0.3, -0.25) is 0 Å². The van der Waals surface area contributed by atoms with Crippen LogP contribution in [0.5, 0.6) is 5.75 Å². The Labute approximate surface area is 103 Å². The molecule has 3 heteroatoms. The fourth-order valence-electron chi connectivity index (χ4n) is 1.91. The number of rotatable bonds is 5. The van der Waals surface area contributed by atoms with Crippen LogP contribution in [0.3, 0.4) is 0 Å². The number of hydrogen-bond donors (Lipinski definition) is 1. The Morgan fingerprint density at radius 1 is 1.29 bits per heavy atom. The van der Waals surface area contributed by atoms with Gasteiger partial charge >= 0.3 is 0 Å². The van der Waals surface area contributed by atoms with Crippen LogP contribution < -0.4 is 10.1 Å². The van der Waals surface area contributed by atoms with Crippen molar-refractivity contribution in [2.75, 3.05) is 19.0 Å². The van der Waals surface area contributed by atoms with Gasteiger partial charge in [0.2, 0.25) is 0 Å². The van der Waals surface area contributed by atoms with Gasteiger partial charge in [0, 0.05) is 13.0 Å². The molecule has 0 aliphatic carbocycles. The Kier molecular flexibility index (Phi) is 4.84. The predicted molar refractivity (Wildman–Crippen MR) is 70.5 cm³/mol. The molecule has 1 N–H and O–H groups in total. The highest BCUT2D eigenvalue weighted by Crippen LogP contribution is 2.34. The number of benzene rings is 1. The number of methoxy groups -OCH3 is 1. The third-order valence-electron chi connectivity index (χ3n) is 2.96. The van der Waals surface area contributed by atoms with Crippen LogP contribution in [0.15, 0.2) is 6.07 Å². The lowest BCUT2D eigenvalue weighted by molar-refractivity contribution is 0.412.